The summed E-state index contributed by atoms with van der Waals surface area (Å²) >= 11 is 0. The first kappa shape index (κ1) is 10.2. The molecule has 0 radical (unpaired) electrons. The summed E-state index contributed by atoms with van der Waals surface area (Å²) in [6.07, 6.45) is 8.43. The van der Waals surface area contributed by atoms with E-state index >= 15 is 0 Å². The van der Waals surface area contributed by atoms with Gasteiger partial charge in [-0.3, -0.25) is 4.79 Å². The van der Waals surface area contributed by atoms with Crippen molar-refractivity contribution in [3.63, 3.8) is 0 Å². The molecule has 1 aliphatic rings. The van der Waals surface area contributed by atoms with Crippen LogP contribution in [-0.4, -0.2) is 23.6 Å². The standard InChI is InChI=1S/C11H17N3O/c1-14(8-9-4-2-3-5-9)10-11(15)13-7-6-12-10/h6-7,9H,2-5,8H2,1H3,(H,13,15). The van der Waals surface area contributed by atoms with Crippen molar-refractivity contribution in [1.29, 1.82) is 0 Å². The molecule has 1 fully saturated rings. The molecular weight excluding hydrogens is 190 g/mol. The van der Waals surface area contributed by atoms with Crippen molar-refractivity contribution in [2.24, 2.45) is 5.92 Å². The number of nitrogens with one attached hydrogen (secondary N) is 1. The molecule has 1 aromatic rings. The first-order valence-electron chi connectivity index (χ1n) is 5.52. The fraction of sp³-hybridized carbons (Fsp3) is 0.636. The molecule has 0 unspecified atom stereocenters. The largest absolute Gasteiger partial charge is 0.355 e. The van der Waals surface area contributed by atoms with Crippen molar-refractivity contribution < 1.29 is 0 Å². The highest BCUT2D eigenvalue weighted by Gasteiger charge is 2.18. The summed E-state index contributed by atoms with van der Waals surface area (Å²) in [5.41, 5.74) is -0.0991. The molecule has 0 atom stereocenters. The molecule has 0 spiro atoms. The lowest BCUT2D eigenvalue weighted by Gasteiger charge is -2.20. The molecule has 1 N–H and O–H groups in total. The van der Waals surface area contributed by atoms with Crippen LogP contribution in [0.2, 0.25) is 0 Å². The number of rotatable bonds is 3. The van der Waals surface area contributed by atoms with Crippen LogP contribution >= 0.6 is 0 Å². The van der Waals surface area contributed by atoms with Gasteiger partial charge >= 0.3 is 0 Å². The normalized spacial score (nSPS) is 16.9. The Morgan fingerprint density at radius 1 is 1.53 bits per heavy atom. The van der Waals surface area contributed by atoms with E-state index in [1.165, 1.54) is 25.7 Å². The van der Waals surface area contributed by atoms with Gasteiger partial charge in [-0.2, -0.15) is 0 Å². The van der Waals surface area contributed by atoms with E-state index in [4.69, 9.17) is 0 Å². The minimum Gasteiger partial charge on any atom is -0.355 e. The van der Waals surface area contributed by atoms with Crippen LogP contribution in [0.1, 0.15) is 25.7 Å². The van der Waals surface area contributed by atoms with E-state index in [1.807, 2.05) is 11.9 Å². The predicted molar refractivity (Wildman–Crippen MR) is 60.1 cm³/mol. The van der Waals surface area contributed by atoms with Gasteiger partial charge in [0.05, 0.1) is 0 Å². The van der Waals surface area contributed by atoms with Crippen LogP contribution in [0.15, 0.2) is 17.2 Å². The lowest BCUT2D eigenvalue weighted by atomic mass is 10.1. The Balaban J connectivity index is 2.04. The number of nitrogens with zero attached hydrogens (tertiary/aromatic N) is 2. The van der Waals surface area contributed by atoms with E-state index in [9.17, 15) is 4.79 Å². The van der Waals surface area contributed by atoms with E-state index in [0.29, 0.717) is 5.82 Å². The average Bonchev–Trinajstić information content (AvgIpc) is 2.71. The number of anilines is 1. The Kier molecular flexibility index (Phi) is 3.04. The summed E-state index contributed by atoms with van der Waals surface area (Å²) in [7, 11) is 1.94. The second kappa shape index (κ2) is 4.47. The third kappa shape index (κ3) is 2.37. The minimum atomic E-state index is -0.0991. The Bertz CT molecular complexity index is 368. The second-order valence-electron chi connectivity index (χ2n) is 4.27. The fourth-order valence-electron chi connectivity index (χ4n) is 2.28. The van der Waals surface area contributed by atoms with Crippen molar-refractivity contribution in [2.75, 3.05) is 18.5 Å². The zero-order chi connectivity index (χ0) is 10.7. The van der Waals surface area contributed by atoms with Gasteiger partial charge in [0.1, 0.15) is 0 Å². The summed E-state index contributed by atoms with van der Waals surface area (Å²) in [4.78, 5) is 20.2. The van der Waals surface area contributed by atoms with Crippen molar-refractivity contribution >= 4 is 5.82 Å². The van der Waals surface area contributed by atoms with Crippen LogP contribution in [0.5, 0.6) is 0 Å². The molecule has 0 bridgehead atoms. The van der Waals surface area contributed by atoms with Crippen molar-refractivity contribution in [3.8, 4) is 0 Å². The first-order valence-corrected chi connectivity index (χ1v) is 5.52. The van der Waals surface area contributed by atoms with Crippen LogP contribution in [0.4, 0.5) is 5.82 Å². The van der Waals surface area contributed by atoms with Gasteiger partial charge in [0.25, 0.3) is 5.56 Å². The van der Waals surface area contributed by atoms with Crippen LogP contribution < -0.4 is 10.5 Å². The molecule has 1 aromatic heterocycles. The average molecular weight is 207 g/mol. The molecule has 15 heavy (non-hydrogen) atoms. The second-order valence-corrected chi connectivity index (χ2v) is 4.27. The van der Waals surface area contributed by atoms with E-state index < -0.39 is 0 Å². The molecule has 1 saturated carbocycles. The third-order valence-corrected chi connectivity index (χ3v) is 3.06. The van der Waals surface area contributed by atoms with E-state index in [0.717, 1.165) is 12.5 Å². The molecule has 2 rings (SSSR count). The van der Waals surface area contributed by atoms with Crippen molar-refractivity contribution in [1.82, 2.24) is 9.97 Å². The van der Waals surface area contributed by atoms with Gasteiger partial charge in [0.2, 0.25) is 0 Å². The Morgan fingerprint density at radius 3 is 2.93 bits per heavy atom. The third-order valence-electron chi connectivity index (χ3n) is 3.06. The summed E-state index contributed by atoms with van der Waals surface area (Å²) in [6, 6.07) is 0. The van der Waals surface area contributed by atoms with Gasteiger partial charge in [-0.1, -0.05) is 12.8 Å². The Labute approximate surface area is 89.3 Å². The van der Waals surface area contributed by atoms with Gasteiger partial charge in [-0.05, 0) is 18.8 Å². The van der Waals surface area contributed by atoms with Crippen LogP contribution in [0.3, 0.4) is 0 Å². The summed E-state index contributed by atoms with van der Waals surface area (Å²) in [5, 5.41) is 0. The predicted octanol–water partition coefficient (Wildman–Crippen LogP) is 1.40. The quantitative estimate of drug-likeness (QED) is 0.815. The molecule has 0 saturated heterocycles. The molecule has 4 nitrogen and oxygen atoms in total. The van der Waals surface area contributed by atoms with Gasteiger partial charge in [0.15, 0.2) is 5.82 Å². The number of aromatic nitrogens is 2. The lowest BCUT2D eigenvalue weighted by Crippen LogP contribution is -2.30. The Hall–Kier alpha value is -1.32. The van der Waals surface area contributed by atoms with E-state index in [-0.39, 0.29) is 5.56 Å². The van der Waals surface area contributed by atoms with Crippen molar-refractivity contribution in [3.05, 3.63) is 22.7 Å². The van der Waals surface area contributed by atoms with E-state index in [2.05, 4.69) is 9.97 Å². The SMILES string of the molecule is CN(CC1CCCC1)c1ncc[nH]c1=O. The first-order chi connectivity index (χ1) is 7.27. The molecule has 0 aliphatic heterocycles. The smallest absolute Gasteiger partial charge is 0.290 e. The van der Waals surface area contributed by atoms with Crippen molar-refractivity contribution in [2.45, 2.75) is 25.7 Å². The number of H-pyrrole nitrogens is 1. The zero-order valence-corrected chi connectivity index (χ0v) is 9.07. The topological polar surface area (TPSA) is 49.0 Å². The number of hydrogen-bond donors (Lipinski definition) is 1. The highest BCUT2D eigenvalue weighted by molar-refractivity contribution is 5.33. The summed E-state index contributed by atoms with van der Waals surface area (Å²) < 4.78 is 0. The molecule has 0 amide bonds. The summed E-state index contributed by atoms with van der Waals surface area (Å²) in [6.45, 7) is 0.945. The highest BCUT2D eigenvalue weighted by Crippen LogP contribution is 2.25. The van der Waals surface area contributed by atoms with E-state index in [1.54, 1.807) is 12.4 Å². The molecule has 0 aromatic carbocycles. The van der Waals surface area contributed by atoms with Crippen LogP contribution in [0.25, 0.3) is 0 Å². The maximum absolute atomic E-state index is 11.5. The molecule has 1 heterocycles. The van der Waals surface area contributed by atoms with Gasteiger partial charge in [0, 0.05) is 26.0 Å². The summed E-state index contributed by atoms with van der Waals surface area (Å²) in [5.74, 6) is 1.26. The number of hydrogen-bond acceptors (Lipinski definition) is 3. The van der Waals surface area contributed by atoms with Crippen LogP contribution in [0, 0.1) is 5.92 Å². The van der Waals surface area contributed by atoms with Gasteiger partial charge in [-0.15, -0.1) is 0 Å². The fourth-order valence-corrected chi connectivity index (χ4v) is 2.28. The zero-order valence-electron chi connectivity index (χ0n) is 9.07. The monoisotopic (exact) mass is 207 g/mol. The molecule has 1 aliphatic carbocycles. The molecular formula is C11H17N3O. The van der Waals surface area contributed by atoms with Gasteiger partial charge in [-0.25, -0.2) is 4.98 Å². The molecule has 4 heteroatoms. The number of aromatic amines is 1. The molecule has 82 valence electrons. The lowest BCUT2D eigenvalue weighted by molar-refractivity contribution is 0.544. The minimum absolute atomic E-state index is 0.0991. The maximum atomic E-state index is 11.5. The maximum Gasteiger partial charge on any atom is 0.290 e. The highest BCUT2D eigenvalue weighted by atomic mass is 16.1. The van der Waals surface area contributed by atoms with Crippen LogP contribution in [-0.2, 0) is 0 Å². The Morgan fingerprint density at radius 2 is 2.27 bits per heavy atom. The van der Waals surface area contributed by atoms with Gasteiger partial charge < -0.3 is 9.88 Å².